The molecule has 4 nitrogen and oxygen atoms in total. The molecule has 0 bridgehead atoms. The minimum absolute atomic E-state index is 0.0663. The van der Waals surface area contributed by atoms with E-state index in [1.165, 1.54) is 0 Å². The van der Waals surface area contributed by atoms with Crippen molar-refractivity contribution in [3.63, 3.8) is 0 Å². The zero-order chi connectivity index (χ0) is 9.03. The van der Waals surface area contributed by atoms with Crippen LogP contribution < -0.4 is 5.32 Å². The van der Waals surface area contributed by atoms with Crippen LogP contribution in [0.15, 0.2) is 0 Å². The maximum atomic E-state index is 11.0. The maximum absolute atomic E-state index is 11.0. The Morgan fingerprint density at radius 2 is 2.33 bits per heavy atom. The van der Waals surface area contributed by atoms with Crippen LogP contribution in [0.2, 0.25) is 0 Å². The fourth-order valence-electron chi connectivity index (χ4n) is 1.22. The Kier molecular flexibility index (Phi) is 3.49. The van der Waals surface area contributed by atoms with E-state index in [0.717, 1.165) is 6.54 Å². The van der Waals surface area contributed by atoms with Crippen LogP contribution in [0.1, 0.15) is 6.42 Å². The molecule has 1 heterocycles. The van der Waals surface area contributed by atoms with E-state index in [1.807, 2.05) is 7.05 Å². The van der Waals surface area contributed by atoms with Gasteiger partial charge in [0.05, 0.1) is 24.2 Å². The third-order valence-electron chi connectivity index (χ3n) is 1.90. The van der Waals surface area contributed by atoms with E-state index < -0.39 is 9.84 Å². The molecule has 1 aliphatic rings. The molecule has 1 aliphatic heterocycles. The Bertz CT molecular complexity index is 225. The van der Waals surface area contributed by atoms with Gasteiger partial charge in [-0.05, 0) is 13.5 Å². The topological polar surface area (TPSA) is 55.4 Å². The van der Waals surface area contributed by atoms with Crippen LogP contribution in [-0.2, 0) is 14.6 Å². The second-order valence-electron chi connectivity index (χ2n) is 3.00. The SMILES string of the molecule is CNCCOC1CCS(=O)(=O)C1. The molecule has 1 saturated heterocycles. The van der Waals surface area contributed by atoms with Crippen molar-refractivity contribution in [2.45, 2.75) is 12.5 Å². The van der Waals surface area contributed by atoms with Crippen molar-refractivity contribution in [1.82, 2.24) is 5.32 Å². The summed E-state index contributed by atoms with van der Waals surface area (Å²) in [4.78, 5) is 0. The number of likely N-dealkylation sites (N-methyl/N-ethyl adjacent to an activating group) is 1. The molecule has 0 spiro atoms. The first-order valence-electron chi connectivity index (χ1n) is 4.11. The van der Waals surface area contributed by atoms with Gasteiger partial charge < -0.3 is 10.1 Å². The average Bonchev–Trinajstić information content (AvgIpc) is 2.31. The third-order valence-corrected chi connectivity index (χ3v) is 3.63. The number of hydrogen-bond donors (Lipinski definition) is 1. The van der Waals surface area contributed by atoms with Gasteiger partial charge in [-0.2, -0.15) is 0 Å². The van der Waals surface area contributed by atoms with Crippen LogP contribution >= 0.6 is 0 Å². The van der Waals surface area contributed by atoms with Gasteiger partial charge in [0.25, 0.3) is 0 Å². The first-order valence-corrected chi connectivity index (χ1v) is 5.93. The molecule has 0 saturated carbocycles. The van der Waals surface area contributed by atoms with Crippen molar-refractivity contribution in [3.8, 4) is 0 Å². The lowest BCUT2D eigenvalue weighted by molar-refractivity contribution is 0.0739. The highest BCUT2D eigenvalue weighted by Crippen LogP contribution is 2.14. The normalized spacial score (nSPS) is 27.6. The molecular weight excluding hydrogens is 178 g/mol. The number of rotatable bonds is 4. The fraction of sp³-hybridized carbons (Fsp3) is 1.00. The monoisotopic (exact) mass is 193 g/mol. The van der Waals surface area contributed by atoms with Gasteiger partial charge in [-0.1, -0.05) is 0 Å². The van der Waals surface area contributed by atoms with E-state index in [1.54, 1.807) is 0 Å². The van der Waals surface area contributed by atoms with E-state index in [-0.39, 0.29) is 17.6 Å². The number of sulfone groups is 1. The Balaban J connectivity index is 2.20. The van der Waals surface area contributed by atoms with Crippen LogP contribution in [0.3, 0.4) is 0 Å². The summed E-state index contributed by atoms with van der Waals surface area (Å²) in [5, 5.41) is 2.94. The van der Waals surface area contributed by atoms with Gasteiger partial charge in [0.1, 0.15) is 0 Å². The van der Waals surface area contributed by atoms with Crippen molar-refractivity contribution >= 4 is 9.84 Å². The van der Waals surface area contributed by atoms with Crippen molar-refractivity contribution in [3.05, 3.63) is 0 Å². The van der Waals surface area contributed by atoms with Crippen LogP contribution in [0.5, 0.6) is 0 Å². The summed E-state index contributed by atoms with van der Waals surface area (Å²) < 4.78 is 27.3. The zero-order valence-electron chi connectivity index (χ0n) is 7.25. The number of hydrogen-bond acceptors (Lipinski definition) is 4. The lowest BCUT2D eigenvalue weighted by Gasteiger charge is -2.08. The molecule has 0 aromatic carbocycles. The molecule has 1 N–H and O–H groups in total. The van der Waals surface area contributed by atoms with Crippen molar-refractivity contribution in [1.29, 1.82) is 0 Å². The highest BCUT2D eigenvalue weighted by atomic mass is 32.2. The molecule has 0 aromatic heterocycles. The van der Waals surface area contributed by atoms with Crippen molar-refractivity contribution in [2.24, 2.45) is 0 Å². The third kappa shape index (κ3) is 3.08. The van der Waals surface area contributed by atoms with Gasteiger partial charge >= 0.3 is 0 Å². The number of nitrogens with one attached hydrogen (secondary N) is 1. The van der Waals surface area contributed by atoms with Crippen molar-refractivity contribution < 1.29 is 13.2 Å². The molecule has 1 fully saturated rings. The summed E-state index contributed by atoms with van der Waals surface area (Å²) in [5.74, 6) is 0.494. The quantitative estimate of drug-likeness (QED) is 0.606. The van der Waals surface area contributed by atoms with Crippen LogP contribution in [0.25, 0.3) is 0 Å². The van der Waals surface area contributed by atoms with Crippen LogP contribution in [0.4, 0.5) is 0 Å². The van der Waals surface area contributed by atoms with Gasteiger partial charge in [0.15, 0.2) is 9.84 Å². The molecule has 12 heavy (non-hydrogen) atoms. The molecular formula is C7H15NO3S. The minimum Gasteiger partial charge on any atom is -0.376 e. The van der Waals surface area contributed by atoms with Crippen molar-refractivity contribution in [2.75, 3.05) is 31.7 Å². The molecule has 1 unspecified atom stereocenters. The lowest BCUT2D eigenvalue weighted by atomic mass is 10.3. The summed E-state index contributed by atoms with van der Waals surface area (Å²) in [6.45, 7) is 1.37. The summed E-state index contributed by atoms with van der Waals surface area (Å²) in [5.41, 5.74) is 0. The first kappa shape index (κ1) is 9.95. The Morgan fingerprint density at radius 1 is 1.58 bits per heavy atom. The van der Waals surface area contributed by atoms with E-state index in [9.17, 15) is 8.42 Å². The summed E-state index contributed by atoms with van der Waals surface area (Å²) in [6, 6.07) is 0. The highest BCUT2D eigenvalue weighted by molar-refractivity contribution is 7.91. The molecule has 0 aromatic rings. The maximum Gasteiger partial charge on any atom is 0.152 e. The van der Waals surface area contributed by atoms with Gasteiger partial charge in [0.2, 0.25) is 0 Å². The van der Waals surface area contributed by atoms with Crippen LogP contribution in [0, 0.1) is 0 Å². The van der Waals surface area contributed by atoms with E-state index >= 15 is 0 Å². The zero-order valence-corrected chi connectivity index (χ0v) is 8.06. The number of ether oxygens (including phenoxy) is 1. The van der Waals surface area contributed by atoms with Gasteiger partial charge in [0, 0.05) is 6.54 Å². The van der Waals surface area contributed by atoms with E-state index in [4.69, 9.17) is 4.74 Å². The fourth-order valence-corrected chi connectivity index (χ4v) is 2.84. The highest BCUT2D eigenvalue weighted by Gasteiger charge is 2.27. The van der Waals surface area contributed by atoms with Gasteiger partial charge in [-0.15, -0.1) is 0 Å². The molecule has 0 amide bonds. The van der Waals surface area contributed by atoms with Gasteiger partial charge in [-0.3, -0.25) is 0 Å². The Morgan fingerprint density at radius 3 is 2.83 bits per heavy atom. The summed E-state index contributed by atoms with van der Waals surface area (Å²) in [7, 11) is -0.936. The molecule has 5 heteroatoms. The minimum atomic E-state index is -2.78. The molecule has 0 aliphatic carbocycles. The average molecular weight is 193 g/mol. The second-order valence-corrected chi connectivity index (χ2v) is 5.23. The van der Waals surface area contributed by atoms with Gasteiger partial charge in [-0.25, -0.2) is 8.42 Å². The Hall–Kier alpha value is -0.130. The predicted molar refractivity (Wildman–Crippen MR) is 46.9 cm³/mol. The molecule has 0 radical (unpaired) electrons. The van der Waals surface area contributed by atoms with E-state index in [2.05, 4.69) is 5.32 Å². The van der Waals surface area contributed by atoms with E-state index in [0.29, 0.717) is 13.0 Å². The predicted octanol–water partition coefficient (Wildman–Crippen LogP) is -0.590. The molecule has 1 atom stereocenters. The summed E-state index contributed by atoms with van der Waals surface area (Å²) in [6.07, 6.45) is 0.592. The summed E-state index contributed by atoms with van der Waals surface area (Å²) >= 11 is 0. The smallest absolute Gasteiger partial charge is 0.152 e. The first-order chi connectivity index (χ1) is 5.64. The standard InChI is InChI=1S/C7H15NO3S/c1-8-3-4-11-7-2-5-12(9,10)6-7/h7-8H,2-6H2,1H3. The lowest BCUT2D eigenvalue weighted by Crippen LogP contribution is -2.21. The Labute approximate surface area is 73.2 Å². The molecule has 72 valence electrons. The van der Waals surface area contributed by atoms with Crippen LogP contribution in [-0.4, -0.2) is 46.2 Å². The largest absolute Gasteiger partial charge is 0.376 e. The molecule has 1 rings (SSSR count). The second kappa shape index (κ2) is 4.20.